The van der Waals surface area contributed by atoms with Crippen LogP contribution < -0.4 is 0 Å². The lowest BCUT2D eigenvalue weighted by Crippen LogP contribution is -2.11. The summed E-state index contributed by atoms with van der Waals surface area (Å²) in [4.78, 5) is 21.6. The van der Waals surface area contributed by atoms with Crippen molar-refractivity contribution >= 4 is 34.5 Å². The van der Waals surface area contributed by atoms with Crippen molar-refractivity contribution < 1.29 is 19.5 Å². The van der Waals surface area contributed by atoms with E-state index in [0.29, 0.717) is 10.6 Å². The number of aliphatic carboxylic acids is 1. The van der Waals surface area contributed by atoms with Crippen molar-refractivity contribution in [1.29, 1.82) is 0 Å². The SMILES string of the molecule is CC(CSc1ccc([N+](=O)[O-])c2nonc12)C(=O)O. The number of aromatic nitrogens is 2. The van der Waals surface area contributed by atoms with Gasteiger partial charge in [-0.2, -0.15) is 0 Å². The monoisotopic (exact) mass is 283 g/mol. The molecule has 0 saturated heterocycles. The van der Waals surface area contributed by atoms with Gasteiger partial charge >= 0.3 is 11.7 Å². The van der Waals surface area contributed by atoms with Crippen LogP contribution in [0.4, 0.5) is 5.69 Å². The molecule has 1 unspecified atom stereocenters. The van der Waals surface area contributed by atoms with E-state index in [1.807, 2.05) is 0 Å². The molecule has 2 aromatic rings. The fraction of sp³-hybridized carbons (Fsp3) is 0.300. The van der Waals surface area contributed by atoms with Gasteiger partial charge in [0.25, 0.3) is 0 Å². The number of carboxylic acids is 1. The molecule has 100 valence electrons. The Kier molecular flexibility index (Phi) is 3.65. The summed E-state index contributed by atoms with van der Waals surface area (Å²) in [6, 6.07) is 2.82. The van der Waals surface area contributed by atoms with Gasteiger partial charge in [0, 0.05) is 16.7 Å². The predicted octanol–water partition coefficient (Wildman–Crippen LogP) is 1.94. The van der Waals surface area contributed by atoms with E-state index in [1.165, 1.54) is 23.9 Å². The number of rotatable bonds is 5. The number of fused-ring (bicyclic) bond motifs is 1. The Balaban J connectivity index is 2.30. The van der Waals surface area contributed by atoms with Crippen molar-refractivity contribution in [2.45, 2.75) is 11.8 Å². The number of thioether (sulfide) groups is 1. The van der Waals surface area contributed by atoms with E-state index in [9.17, 15) is 14.9 Å². The first-order valence-electron chi connectivity index (χ1n) is 5.26. The first-order valence-corrected chi connectivity index (χ1v) is 6.24. The molecule has 0 radical (unpaired) electrons. The van der Waals surface area contributed by atoms with Gasteiger partial charge < -0.3 is 5.11 Å². The van der Waals surface area contributed by atoms with Gasteiger partial charge in [0.2, 0.25) is 5.52 Å². The van der Waals surface area contributed by atoms with E-state index in [-0.39, 0.29) is 16.7 Å². The van der Waals surface area contributed by atoms with Crippen LogP contribution in [-0.4, -0.2) is 32.1 Å². The Bertz CT molecular complexity index is 641. The molecule has 9 heteroatoms. The number of nitrogens with zero attached hydrogens (tertiary/aromatic N) is 3. The van der Waals surface area contributed by atoms with Crippen LogP contribution in [0.15, 0.2) is 21.7 Å². The maximum absolute atomic E-state index is 10.8. The molecule has 1 N–H and O–H groups in total. The summed E-state index contributed by atoms with van der Waals surface area (Å²) in [7, 11) is 0. The number of carboxylic acid groups (broad SMARTS) is 1. The van der Waals surface area contributed by atoms with Gasteiger partial charge in [-0.05, 0) is 16.4 Å². The Labute approximate surface area is 110 Å². The fourth-order valence-corrected chi connectivity index (χ4v) is 2.39. The fourth-order valence-electron chi connectivity index (χ4n) is 1.38. The summed E-state index contributed by atoms with van der Waals surface area (Å²) >= 11 is 1.25. The molecule has 0 spiro atoms. The molecule has 0 aliphatic carbocycles. The van der Waals surface area contributed by atoms with Gasteiger partial charge in [-0.1, -0.05) is 6.92 Å². The van der Waals surface area contributed by atoms with Crippen LogP contribution in [0.5, 0.6) is 0 Å². The third-order valence-corrected chi connectivity index (χ3v) is 3.77. The van der Waals surface area contributed by atoms with Crippen molar-refractivity contribution in [2.24, 2.45) is 5.92 Å². The molecule has 0 saturated carbocycles. The van der Waals surface area contributed by atoms with Crippen LogP contribution >= 0.6 is 11.8 Å². The molecule has 1 atom stereocenters. The molecular weight excluding hydrogens is 274 g/mol. The van der Waals surface area contributed by atoms with Crippen molar-refractivity contribution in [3.8, 4) is 0 Å². The lowest BCUT2D eigenvalue weighted by Gasteiger charge is -2.05. The highest BCUT2D eigenvalue weighted by Gasteiger charge is 2.20. The van der Waals surface area contributed by atoms with Gasteiger partial charge in [-0.25, -0.2) is 4.63 Å². The number of nitro benzene ring substituents is 1. The lowest BCUT2D eigenvalue weighted by molar-refractivity contribution is -0.383. The second kappa shape index (κ2) is 5.22. The summed E-state index contributed by atoms with van der Waals surface area (Å²) in [5, 5.41) is 26.7. The van der Waals surface area contributed by atoms with Crippen LogP contribution in [0.3, 0.4) is 0 Å². The molecule has 0 fully saturated rings. The van der Waals surface area contributed by atoms with Crippen molar-refractivity contribution in [3.63, 3.8) is 0 Å². The summed E-state index contributed by atoms with van der Waals surface area (Å²) in [5.74, 6) is -1.10. The van der Waals surface area contributed by atoms with Crippen molar-refractivity contribution in [1.82, 2.24) is 10.3 Å². The van der Waals surface area contributed by atoms with Crippen molar-refractivity contribution in [2.75, 3.05) is 5.75 Å². The molecular formula is C10H9N3O5S. The van der Waals surface area contributed by atoms with Gasteiger partial charge in [-0.15, -0.1) is 11.8 Å². The van der Waals surface area contributed by atoms with E-state index in [0.717, 1.165) is 0 Å². The largest absolute Gasteiger partial charge is 0.481 e. The number of nitro groups is 1. The van der Waals surface area contributed by atoms with Gasteiger partial charge in [0.1, 0.15) is 0 Å². The van der Waals surface area contributed by atoms with E-state index in [2.05, 4.69) is 14.9 Å². The molecule has 2 rings (SSSR count). The minimum absolute atomic E-state index is 0.0676. The molecule has 1 aromatic carbocycles. The highest BCUT2D eigenvalue weighted by molar-refractivity contribution is 7.99. The van der Waals surface area contributed by atoms with Crippen molar-refractivity contribution in [3.05, 3.63) is 22.2 Å². The second-order valence-electron chi connectivity index (χ2n) is 3.85. The average Bonchev–Trinajstić information content (AvgIpc) is 2.83. The Morgan fingerprint density at radius 2 is 2.21 bits per heavy atom. The van der Waals surface area contributed by atoms with Crippen LogP contribution in [0.2, 0.25) is 0 Å². The maximum atomic E-state index is 10.8. The van der Waals surface area contributed by atoms with E-state index in [4.69, 9.17) is 5.11 Å². The third-order valence-electron chi connectivity index (χ3n) is 2.46. The Morgan fingerprint density at radius 3 is 2.84 bits per heavy atom. The molecule has 1 aromatic heterocycles. The molecule has 0 aliphatic rings. The molecule has 1 heterocycles. The number of benzene rings is 1. The lowest BCUT2D eigenvalue weighted by atomic mass is 10.2. The van der Waals surface area contributed by atoms with Gasteiger partial charge in [-0.3, -0.25) is 14.9 Å². The molecule has 19 heavy (non-hydrogen) atoms. The first kappa shape index (κ1) is 13.3. The topological polar surface area (TPSA) is 119 Å². The quantitative estimate of drug-likeness (QED) is 0.502. The Hall–Kier alpha value is -2.16. The molecule has 0 aliphatic heterocycles. The minimum Gasteiger partial charge on any atom is -0.481 e. The first-order chi connectivity index (χ1) is 9.00. The Morgan fingerprint density at radius 1 is 1.53 bits per heavy atom. The van der Waals surface area contributed by atoms with Crippen LogP contribution in [0.25, 0.3) is 11.0 Å². The zero-order valence-corrected chi connectivity index (χ0v) is 10.6. The number of hydrogen-bond acceptors (Lipinski definition) is 7. The number of hydrogen-bond donors (Lipinski definition) is 1. The van der Waals surface area contributed by atoms with E-state index in [1.54, 1.807) is 6.92 Å². The smallest absolute Gasteiger partial charge is 0.307 e. The average molecular weight is 283 g/mol. The highest BCUT2D eigenvalue weighted by Crippen LogP contribution is 2.32. The molecule has 0 amide bonds. The zero-order chi connectivity index (χ0) is 14.0. The summed E-state index contributed by atoms with van der Waals surface area (Å²) < 4.78 is 4.52. The minimum atomic E-state index is -0.899. The maximum Gasteiger partial charge on any atom is 0.307 e. The van der Waals surface area contributed by atoms with Gasteiger partial charge in [0.05, 0.1) is 10.8 Å². The van der Waals surface area contributed by atoms with E-state index >= 15 is 0 Å². The molecule has 8 nitrogen and oxygen atoms in total. The van der Waals surface area contributed by atoms with Crippen LogP contribution in [0.1, 0.15) is 6.92 Å². The second-order valence-corrected chi connectivity index (χ2v) is 4.91. The third kappa shape index (κ3) is 2.65. The van der Waals surface area contributed by atoms with Crippen LogP contribution in [-0.2, 0) is 4.79 Å². The standard InChI is InChI=1S/C10H9N3O5S/c1-5(10(14)15)4-19-7-3-2-6(13(16)17)8-9(7)12-18-11-8/h2-3,5H,4H2,1H3,(H,14,15). The number of carbonyl (C=O) groups is 1. The summed E-state index contributed by atoms with van der Waals surface area (Å²) in [6.07, 6.45) is 0. The highest BCUT2D eigenvalue weighted by atomic mass is 32.2. The van der Waals surface area contributed by atoms with E-state index < -0.39 is 16.8 Å². The summed E-state index contributed by atoms with van der Waals surface area (Å²) in [6.45, 7) is 1.58. The predicted molar refractivity (Wildman–Crippen MR) is 66.0 cm³/mol. The zero-order valence-electron chi connectivity index (χ0n) is 9.77. The molecule has 0 bridgehead atoms. The normalized spacial score (nSPS) is 12.5. The van der Waals surface area contributed by atoms with Gasteiger partial charge in [0.15, 0.2) is 5.52 Å². The summed E-state index contributed by atoms with van der Waals surface area (Å²) in [5.41, 5.74) is 0.154. The number of non-ortho nitro benzene ring substituents is 1. The van der Waals surface area contributed by atoms with Crippen LogP contribution in [0, 0.1) is 16.0 Å².